The molecule has 3 aromatic rings. The molecule has 0 aliphatic heterocycles. The highest BCUT2D eigenvalue weighted by atomic mass is 35.5. The van der Waals surface area contributed by atoms with Crippen molar-refractivity contribution in [2.24, 2.45) is 0 Å². The lowest BCUT2D eigenvalue weighted by Crippen LogP contribution is -2.36. The Labute approximate surface area is 168 Å². The number of hydrogen-bond donors (Lipinski definition) is 1. The summed E-state index contributed by atoms with van der Waals surface area (Å²) in [5.41, 5.74) is 3.00. The van der Waals surface area contributed by atoms with Crippen LogP contribution in [-0.2, 0) is 16.1 Å². The van der Waals surface area contributed by atoms with Crippen molar-refractivity contribution in [3.63, 3.8) is 0 Å². The highest BCUT2D eigenvalue weighted by Crippen LogP contribution is 2.27. The number of imidazole rings is 1. The number of halogens is 1. The van der Waals surface area contributed by atoms with Crippen LogP contribution in [0.3, 0.4) is 0 Å². The van der Waals surface area contributed by atoms with Gasteiger partial charge in [-0.15, -0.1) is 0 Å². The fraction of sp³-hybridized carbons (Fsp3) is 0.300. The Kier molecular flexibility index (Phi) is 6.77. The quantitative estimate of drug-likeness (QED) is 0.578. The van der Waals surface area contributed by atoms with E-state index in [0.29, 0.717) is 23.9 Å². The Morgan fingerprint density at radius 3 is 2.81 bits per heavy atom. The maximum Gasteiger partial charge on any atom is 0.230 e. The van der Waals surface area contributed by atoms with Crippen molar-refractivity contribution in [1.29, 1.82) is 0 Å². The number of methoxy groups -OCH3 is 1. The second-order valence-corrected chi connectivity index (χ2v) is 7.69. The first-order valence-electron chi connectivity index (χ1n) is 8.67. The fourth-order valence-electron chi connectivity index (χ4n) is 2.85. The van der Waals surface area contributed by atoms with Gasteiger partial charge in [0.1, 0.15) is 0 Å². The minimum absolute atomic E-state index is 0.0231. The summed E-state index contributed by atoms with van der Waals surface area (Å²) in [6, 6.07) is 15.8. The second kappa shape index (κ2) is 9.26. The van der Waals surface area contributed by atoms with E-state index in [-0.39, 0.29) is 11.9 Å². The number of aromatic nitrogens is 2. The Hall–Kier alpha value is -2.02. The maximum absolute atomic E-state index is 12.2. The average Bonchev–Trinajstić information content (AvgIpc) is 2.97. The van der Waals surface area contributed by atoms with E-state index in [4.69, 9.17) is 21.3 Å². The van der Waals surface area contributed by atoms with Crippen LogP contribution in [0, 0.1) is 0 Å². The predicted molar refractivity (Wildman–Crippen MR) is 110 cm³/mol. The van der Waals surface area contributed by atoms with Crippen molar-refractivity contribution >= 4 is 40.3 Å². The molecular weight excluding hydrogens is 382 g/mol. The molecule has 27 heavy (non-hydrogen) atoms. The maximum atomic E-state index is 12.2. The molecule has 0 saturated carbocycles. The van der Waals surface area contributed by atoms with Crippen molar-refractivity contribution in [3.05, 3.63) is 59.1 Å². The van der Waals surface area contributed by atoms with Gasteiger partial charge in [0.25, 0.3) is 0 Å². The van der Waals surface area contributed by atoms with E-state index in [9.17, 15) is 4.79 Å². The van der Waals surface area contributed by atoms with Crippen LogP contribution in [0.1, 0.15) is 12.5 Å². The van der Waals surface area contributed by atoms with Gasteiger partial charge in [-0.05, 0) is 30.7 Å². The number of carbonyl (C=O) groups excluding carboxylic acids is 1. The molecule has 1 atom stereocenters. The normalized spacial score (nSPS) is 12.3. The number of amides is 1. The number of benzene rings is 2. The van der Waals surface area contributed by atoms with Crippen molar-refractivity contribution in [1.82, 2.24) is 14.9 Å². The molecule has 0 aliphatic carbocycles. The van der Waals surface area contributed by atoms with Crippen LogP contribution in [0.5, 0.6) is 0 Å². The van der Waals surface area contributed by atoms with E-state index >= 15 is 0 Å². The Morgan fingerprint density at radius 2 is 2.07 bits per heavy atom. The molecule has 1 heterocycles. The summed E-state index contributed by atoms with van der Waals surface area (Å²) in [7, 11) is 1.62. The largest absolute Gasteiger partial charge is 0.383 e. The molecule has 142 valence electrons. The summed E-state index contributed by atoms with van der Waals surface area (Å²) >= 11 is 7.54. The lowest BCUT2D eigenvalue weighted by Gasteiger charge is -2.13. The third-order valence-corrected chi connectivity index (χ3v) is 5.23. The number of nitrogens with zero attached hydrogens (tertiary/aromatic N) is 2. The van der Waals surface area contributed by atoms with Gasteiger partial charge < -0.3 is 14.6 Å². The number of carbonyl (C=O) groups is 1. The summed E-state index contributed by atoms with van der Waals surface area (Å²) in [6.45, 7) is 3.09. The van der Waals surface area contributed by atoms with E-state index in [0.717, 1.165) is 16.2 Å². The number of nitrogens with one attached hydrogen (secondary N) is 1. The van der Waals surface area contributed by atoms with Crippen LogP contribution in [0.15, 0.2) is 53.7 Å². The van der Waals surface area contributed by atoms with Gasteiger partial charge >= 0.3 is 0 Å². The predicted octanol–water partition coefficient (Wildman–Crippen LogP) is 3.98. The summed E-state index contributed by atoms with van der Waals surface area (Å²) < 4.78 is 7.18. The second-order valence-electron chi connectivity index (χ2n) is 6.31. The zero-order valence-electron chi connectivity index (χ0n) is 15.3. The van der Waals surface area contributed by atoms with Crippen LogP contribution in [0.25, 0.3) is 11.0 Å². The molecule has 1 N–H and O–H groups in total. The SMILES string of the molecule is COC[C@H](C)NC(=O)CSc1nc2cc(Cl)ccc2n1Cc1ccccc1. The smallest absolute Gasteiger partial charge is 0.230 e. The molecule has 2 aromatic carbocycles. The third kappa shape index (κ3) is 5.25. The molecule has 0 radical (unpaired) electrons. The highest BCUT2D eigenvalue weighted by molar-refractivity contribution is 7.99. The van der Waals surface area contributed by atoms with Crippen molar-refractivity contribution < 1.29 is 9.53 Å². The van der Waals surface area contributed by atoms with Crippen LogP contribution < -0.4 is 5.32 Å². The molecule has 0 spiro atoms. The lowest BCUT2D eigenvalue weighted by atomic mass is 10.2. The zero-order valence-corrected chi connectivity index (χ0v) is 16.9. The Bertz CT molecular complexity index is 914. The monoisotopic (exact) mass is 403 g/mol. The van der Waals surface area contributed by atoms with E-state index in [2.05, 4.69) is 22.0 Å². The van der Waals surface area contributed by atoms with Crippen LogP contribution >= 0.6 is 23.4 Å². The molecular formula is C20H22ClN3O2S. The van der Waals surface area contributed by atoms with Crippen molar-refractivity contribution in [3.8, 4) is 0 Å². The van der Waals surface area contributed by atoms with Crippen LogP contribution in [0.4, 0.5) is 0 Å². The Morgan fingerprint density at radius 1 is 1.30 bits per heavy atom. The molecule has 0 fully saturated rings. The summed E-state index contributed by atoms with van der Waals surface area (Å²) in [6.07, 6.45) is 0. The fourth-order valence-corrected chi connectivity index (χ4v) is 3.84. The summed E-state index contributed by atoms with van der Waals surface area (Å²) in [4.78, 5) is 16.9. The van der Waals surface area contributed by atoms with E-state index < -0.39 is 0 Å². The van der Waals surface area contributed by atoms with Crippen molar-refractivity contribution in [2.75, 3.05) is 19.5 Å². The number of rotatable bonds is 8. The first kappa shape index (κ1) is 19.7. The molecule has 1 amide bonds. The number of fused-ring (bicyclic) bond motifs is 1. The van der Waals surface area contributed by atoms with E-state index in [1.54, 1.807) is 7.11 Å². The molecule has 3 rings (SSSR count). The van der Waals surface area contributed by atoms with E-state index in [1.165, 1.54) is 17.3 Å². The summed E-state index contributed by atoms with van der Waals surface area (Å²) in [5, 5.41) is 4.36. The molecule has 0 unspecified atom stereocenters. The van der Waals surface area contributed by atoms with Gasteiger partial charge in [-0.25, -0.2) is 4.98 Å². The van der Waals surface area contributed by atoms with Crippen LogP contribution in [-0.4, -0.2) is 41.0 Å². The molecule has 0 bridgehead atoms. The van der Waals surface area contributed by atoms with Gasteiger partial charge in [-0.1, -0.05) is 53.7 Å². The first-order valence-corrected chi connectivity index (χ1v) is 10.0. The number of ether oxygens (including phenoxy) is 1. The average molecular weight is 404 g/mol. The van der Waals surface area contributed by atoms with Crippen LogP contribution in [0.2, 0.25) is 5.02 Å². The molecule has 0 aliphatic rings. The zero-order chi connectivity index (χ0) is 19.2. The van der Waals surface area contributed by atoms with Gasteiger partial charge in [-0.2, -0.15) is 0 Å². The topological polar surface area (TPSA) is 56.1 Å². The Balaban J connectivity index is 1.81. The van der Waals surface area contributed by atoms with Gasteiger partial charge in [0, 0.05) is 18.2 Å². The van der Waals surface area contributed by atoms with Gasteiger partial charge in [0.2, 0.25) is 5.91 Å². The lowest BCUT2D eigenvalue weighted by molar-refractivity contribution is -0.119. The molecule has 1 aromatic heterocycles. The molecule has 5 nitrogen and oxygen atoms in total. The standard InChI is InChI=1S/C20H22ClN3O2S/c1-14(12-26-2)22-19(25)13-27-20-23-17-10-16(21)8-9-18(17)24(20)11-15-6-4-3-5-7-15/h3-10,14H,11-13H2,1-2H3,(H,22,25)/t14-/m0/s1. The van der Waals surface area contributed by atoms with E-state index in [1.807, 2.05) is 43.3 Å². The van der Waals surface area contributed by atoms with Gasteiger partial charge in [0.05, 0.1) is 29.9 Å². The minimum Gasteiger partial charge on any atom is -0.383 e. The highest BCUT2D eigenvalue weighted by Gasteiger charge is 2.15. The molecule has 7 heteroatoms. The number of hydrogen-bond acceptors (Lipinski definition) is 4. The first-order chi connectivity index (χ1) is 13.1. The minimum atomic E-state index is -0.0408. The number of thioether (sulfide) groups is 1. The third-order valence-electron chi connectivity index (χ3n) is 4.02. The summed E-state index contributed by atoms with van der Waals surface area (Å²) in [5.74, 6) is 0.251. The van der Waals surface area contributed by atoms with Gasteiger partial charge in [0.15, 0.2) is 5.16 Å². The van der Waals surface area contributed by atoms with Crippen molar-refractivity contribution in [2.45, 2.75) is 24.7 Å². The molecule has 0 saturated heterocycles. The van der Waals surface area contributed by atoms with Gasteiger partial charge in [-0.3, -0.25) is 4.79 Å².